The average Bonchev–Trinajstić information content (AvgIpc) is 3.49. The number of nitrogens with one attached hydrogen (secondary N) is 1. The van der Waals surface area contributed by atoms with Crippen molar-refractivity contribution in [3.05, 3.63) is 58.4 Å². The molecule has 2 fully saturated rings. The molecule has 174 valence electrons. The van der Waals surface area contributed by atoms with Gasteiger partial charge in [-0.25, -0.2) is 13.2 Å². The number of hydrogen-bond donors (Lipinski definition) is 4. The Morgan fingerprint density at radius 2 is 1.81 bits per heavy atom. The van der Waals surface area contributed by atoms with Crippen molar-refractivity contribution in [3.8, 4) is 0 Å². The Balaban J connectivity index is 0.000000219. The van der Waals surface area contributed by atoms with Crippen molar-refractivity contribution in [3.63, 3.8) is 0 Å². The van der Waals surface area contributed by atoms with Crippen LogP contribution < -0.4 is 5.32 Å². The van der Waals surface area contributed by atoms with Crippen LogP contribution in [0.15, 0.2) is 35.2 Å². The molecule has 2 saturated carbocycles. The third kappa shape index (κ3) is 5.40. The number of amides is 1. The smallest absolute Gasteiger partial charge is 0.255 e. The zero-order valence-corrected chi connectivity index (χ0v) is 18.7. The van der Waals surface area contributed by atoms with Crippen LogP contribution in [0.25, 0.3) is 0 Å². The molecule has 4 N–H and O–H groups in total. The molecule has 32 heavy (non-hydrogen) atoms. The lowest BCUT2D eigenvalue weighted by Gasteiger charge is -2.28. The van der Waals surface area contributed by atoms with E-state index in [-0.39, 0.29) is 21.2 Å². The van der Waals surface area contributed by atoms with Crippen LogP contribution in [0.4, 0.5) is 18.9 Å². The summed E-state index contributed by atoms with van der Waals surface area (Å²) >= 11 is 6.13. The second kappa shape index (κ2) is 10.0. The molecule has 1 amide bonds. The number of carbonyl (C=O) groups excluding carboxylic acids is 1. The van der Waals surface area contributed by atoms with Crippen LogP contribution in [0.5, 0.6) is 0 Å². The summed E-state index contributed by atoms with van der Waals surface area (Å²) in [6.45, 7) is 1.68. The highest BCUT2D eigenvalue weighted by molar-refractivity contribution is 7.93. The fourth-order valence-electron chi connectivity index (χ4n) is 3.95. The first-order valence-corrected chi connectivity index (χ1v) is 11.2. The van der Waals surface area contributed by atoms with Crippen molar-refractivity contribution in [1.29, 1.82) is 0 Å². The maximum Gasteiger partial charge on any atom is 0.255 e. The molecule has 0 saturated heterocycles. The fraction of sp³-hybridized carbons (Fsp3) is 0.409. The molecule has 4 rings (SSSR count). The average molecular weight is 490 g/mol. The van der Waals surface area contributed by atoms with E-state index in [4.69, 9.17) is 21.3 Å². The summed E-state index contributed by atoms with van der Waals surface area (Å²) in [7, 11) is 0. The van der Waals surface area contributed by atoms with Crippen molar-refractivity contribution in [1.82, 2.24) is 0 Å². The molecule has 3 unspecified atom stereocenters. The number of halogens is 4. The molecule has 0 heterocycles. The van der Waals surface area contributed by atoms with Gasteiger partial charge in [-0.2, -0.15) is 0 Å². The Bertz CT molecular complexity index is 980. The number of benzene rings is 2. The van der Waals surface area contributed by atoms with E-state index in [0.29, 0.717) is 35.5 Å². The maximum absolute atomic E-state index is 13.0. The molecule has 0 radical (unpaired) electrons. The summed E-state index contributed by atoms with van der Waals surface area (Å²) in [6.07, 6.45) is 4.03. The highest BCUT2D eigenvalue weighted by Crippen LogP contribution is 2.66. The normalized spacial score (nSPS) is 19.9. The first-order valence-electron chi connectivity index (χ1n) is 10.0. The topological polar surface area (TPSA) is 89.8 Å². The Hall–Kier alpha value is -1.78. The van der Waals surface area contributed by atoms with Gasteiger partial charge < -0.3 is 20.1 Å². The summed E-state index contributed by atoms with van der Waals surface area (Å²) in [5.41, 5.74) is 0.363. The minimum Gasteiger partial charge on any atom is -0.391 e. The predicted octanol–water partition coefficient (Wildman–Crippen LogP) is 5.49. The standard InChI is InChI=1S/C13H7ClF3NO2S.C9H16O2/c14-8-2-1-6(3-11(8)21-20)13(19)18-7-4-9(15)12(17)10(16)5-7;1-6(10)8(11)7-5-9(7)3-2-4-9/h1-5,20H,(H,18,19);6-8,10-11H,2-5H2,1H3. The monoisotopic (exact) mass is 489 g/mol. The number of rotatable bonds is 5. The Morgan fingerprint density at radius 1 is 1.19 bits per heavy atom. The highest BCUT2D eigenvalue weighted by Gasteiger charge is 2.60. The molecule has 0 aromatic heterocycles. The molecule has 5 nitrogen and oxygen atoms in total. The van der Waals surface area contributed by atoms with Gasteiger partial charge in [0.15, 0.2) is 17.5 Å². The number of aliphatic hydroxyl groups is 2. The van der Waals surface area contributed by atoms with Crippen LogP contribution in [0, 0.1) is 28.8 Å². The van der Waals surface area contributed by atoms with Gasteiger partial charge in [0.1, 0.15) is 0 Å². The van der Waals surface area contributed by atoms with Gasteiger partial charge in [-0.3, -0.25) is 4.79 Å². The molecule has 0 bridgehead atoms. The largest absolute Gasteiger partial charge is 0.391 e. The van der Waals surface area contributed by atoms with E-state index in [0.717, 1.165) is 6.42 Å². The number of carbonyl (C=O) groups is 1. The molecule has 2 aliphatic carbocycles. The molecular formula is C22H23ClF3NO4S. The third-order valence-corrected chi connectivity index (χ3v) is 7.02. The van der Waals surface area contributed by atoms with Gasteiger partial charge in [-0.05, 0) is 55.7 Å². The Morgan fingerprint density at radius 3 is 2.28 bits per heavy atom. The Labute approximate surface area is 192 Å². The van der Waals surface area contributed by atoms with Gasteiger partial charge in [0.25, 0.3) is 5.91 Å². The molecule has 3 atom stereocenters. The van der Waals surface area contributed by atoms with Crippen LogP contribution in [-0.2, 0) is 0 Å². The SMILES string of the molecule is CC(O)C(O)C1CC12CCC2.O=C(Nc1cc(F)c(F)c(F)c1)c1ccc(Cl)c(SO)c1. The van der Waals surface area contributed by atoms with Crippen LogP contribution in [-0.4, -0.2) is 32.9 Å². The maximum atomic E-state index is 13.0. The number of anilines is 1. The summed E-state index contributed by atoms with van der Waals surface area (Å²) in [6, 6.07) is 5.38. The van der Waals surface area contributed by atoms with E-state index < -0.39 is 35.6 Å². The molecular weight excluding hydrogens is 467 g/mol. The highest BCUT2D eigenvalue weighted by atomic mass is 35.5. The lowest BCUT2D eigenvalue weighted by atomic mass is 9.78. The fourth-order valence-corrected chi connectivity index (χ4v) is 4.51. The molecule has 2 aromatic carbocycles. The van der Waals surface area contributed by atoms with Crippen molar-refractivity contribution in [2.24, 2.45) is 11.3 Å². The molecule has 10 heteroatoms. The van der Waals surface area contributed by atoms with E-state index >= 15 is 0 Å². The first-order chi connectivity index (χ1) is 15.1. The zero-order valence-electron chi connectivity index (χ0n) is 17.1. The van der Waals surface area contributed by atoms with Gasteiger partial charge in [-0.15, -0.1) is 0 Å². The third-order valence-electron chi connectivity index (χ3n) is 6.04. The van der Waals surface area contributed by atoms with E-state index in [1.54, 1.807) is 6.92 Å². The first kappa shape index (κ1) is 24.9. The number of hydrogen-bond acceptors (Lipinski definition) is 5. The molecule has 0 aliphatic heterocycles. The van der Waals surface area contributed by atoms with Gasteiger partial charge in [-0.1, -0.05) is 18.0 Å². The minimum absolute atomic E-state index is 0.112. The summed E-state index contributed by atoms with van der Waals surface area (Å²) < 4.78 is 47.9. The summed E-state index contributed by atoms with van der Waals surface area (Å²) in [4.78, 5) is 12.2. The van der Waals surface area contributed by atoms with Crippen LogP contribution in [0.2, 0.25) is 5.02 Å². The molecule has 2 aliphatic rings. The van der Waals surface area contributed by atoms with Gasteiger partial charge in [0.05, 0.1) is 22.1 Å². The molecule has 1 spiro atoms. The van der Waals surface area contributed by atoms with Crippen molar-refractivity contribution >= 4 is 35.2 Å². The van der Waals surface area contributed by atoms with E-state index in [1.807, 2.05) is 0 Å². The second-order valence-corrected chi connectivity index (χ2v) is 9.23. The zero-order chi connectivity index (χ0) is 23.6. The number of aliphatic hydroxyl groups excluding tert-OH is 2. The van der Waals surface area contributed by atoms with E-state index in [9.17, 15) is 23.1 Å². The van der Waals surface area contributed by atoms with Crippen LogP contribution >= 0.6 is 23.6 Å². The molecule has 2 aromatic rings. The lowest BCUT2D eigenvalue weighted by molar-refractivity contribution is 0.00126. The van der Waals surface area contributed by atoms with Crippen molar-refractivity contribution in [2.75, 3.05) is 5.32 Å². The summed E-state index contributed by atoms with van der Waals surface area (Å²) in [5, 5.41) is 21.1. The predicted molar refractivity (Wildman–Crippen MR) is 116 cm³/mol. The van der Waals surface area contributed by atoms with Gasteiger partial charge in [0, 0.05) is 35.4 Å². The van der Waals surface area contributed by atoms with Crippen LogP contribution in [0.1, 0.15) is 43.0 Å². The minimum atomic E-state index is -1.61. The quantitative estimate of drug-likeness (QED) is 0.329. The van der Waals surface area contributed by atoms with E-state index in [2.05, 4.69) is 5.32 Å². The van der Waals surface area contributed by atoms with Crippen molar-refractivity contribution in [2.45, 2.75) is 49.7 Å². The van der Waals surface area contributed by atoms with E-state index in [1.165, 1.54) is 37.5 Å². The lowest BCUT2D eigenvalue weighted by Crippen LogP contribution is -2.29. The summed E-state index contributed by atoms with van der Waals surface area (Å²) in [5.74, 6) is -4.71. The van der Waals surface area contributed by atoms with Crippen LogP contribution in [0.3, 0.4) is 0 Å². The van der Waals surface area contributed by atoms with Gasteiger partial charge >= 0.3 is 0 Å². The second-order valence-electron chi connectivity index (χ2n) is 8.20. The van der Waals surface area contributed by atoms with Crippen molar-refractivity contribution < 1.29 is 32.7 Å². The van der Waals surface area contributed by atoms with Gasteiger partial charge in [0.2, 0.25) is 0 Å². The Kier molecular flexibility index (Phi) is 7.77.